The summed E-state index contributed by atoms with van der Waals surface area (Å²) in [5, 5.41) is 19.5. The van der Waals surface area contributed by atoms with Crippen molar-refractivity contribution >= 4 is 22.8 Å². The van der Waals surface area contributed by atoms with Gasteiger partial charge < -0.3 is 14.2 Å². The molecule has 1 aromatic carbocycles. The van der Waals surface area contributed by atoms with E-state index in [0.717, 1.165) is 30.0 Å². The molecule has 0 bridgehead atoms. The molecule has 0 spiro atoms. The molecule has 3 rings (SSSR count). The lowest BCUT2D eigenvalue weighted by Crippen LogP contribution is -2.28. The Kier molecular flexibility index (Phi) is 8.83. The molecule has 1 saturated carbocycles. The average molecular weight is 521 g/mol. The second-order valence-electron chi connectivity index (χ2n) is 11.6. The smallest absolute Gasteiger partial charge is 0.202 e. The Bertz CT molecular complexity index is 980. The van der Waals surface area contributed by atoms with Gasteiger partial charge in [0, 0.05) is 35.6 Å². The summed E-state index contributed by atoms with van der Waals surface area (Å²) in [5.41, 5.74) is 1.98. The van der Waals surface area contributed by atoms with E-state index in [1.807, 2.05) is 70.6 Å². The number of halogens is 1. The molecule has 1 heterocycles. The van der Waals surface area contributed by atoms with Crippen LogP contribution in [0.4, 0.5) is 0 Å². The van der Waals surface area contributed by atoms with Crippen molar-refractivity contribution in [3.8, 4) is 5.75 Å². The Balaban J connectivity index is 0.00000385. The number of carbonyl (C=O) groups is 1. The summed E-state index contributed by atoms with van der Waals surface area (Å²) in [7, 11) is 0. The van der Waals surface area contributed by atoms with Crippen LogP contribution in [0.5, 0.6) is 5.75 Å². The molecule has 33 heavy (non-hydrogen) atoms. The van der Waals surface area contributed by atoms with Gasteiger partial charge in [-0.15, -0.1) is 17.0 Å². The highest BCUT2D eigenvalue weighted by molar-refractivity contribution is 8.93. The third-order valence-corrected chi connectivity index (χ3v) is 6.84. The maximum Gasteiger partial charge on any atom is 0.202 e. The van der Waals surface area contributed by atoms with Crippen LogP contribution in [-0.2, 0) is 23.9 Å². The van der Waals surface area contributed by atoms with Crippen LogP contribution in [0, 0.1) is 11.3 Å². The maximum absolute atomic E-state index is 13.3. The van der Waals surface area contributed by atoms with E-state index < -0.39 is 0 Å². The Labute approximate surface area is 209 Å². The molecule has 5 nitrogen and oxygen atoms in total. The van der Waals surface area contributed by atoms with E-state index >= 15 is 0 Å². The van der Waals surface area contributed by atoms with Gasteiger partial charge in [0.15, 0.2) is 5.78 Å². The number of phenolic OH excluding ortho intramolecular Hbond substituents is 1. The second-order valence-corrected chi connectivity index (χ2v) is 11.6. The Hall–Kier alpha value is -1.82. The van der Waals surface area contributed by atoms with Crippen molar-refractivity contribution in [1.82, 2.24) is 9.13 Å². The van der Waals surface area contributed by atoms with Gasteiger partial charge in [0.25, 0.3) is 0 Å². The molecule has 0 atom stereocenters. The summed E-state index contributed by atoms with van der Waals surface area (Å²) in [4.78, 5) is 13.3. The van der Waals surface area contributed by atoms with Crippen molar-refractivity contribution in [3.63, 3.8) is 0 Å². The van der Waals surface area contributed by atoms with E-state index in [2.05, 4.69) is 0 Å². The number of phenols is 1. The highest BCUT2D eigenvalue weighted by Gasteiger charge is 2.28. The molecule has 0 unspecified atom stereocenters. The zero-order valence-electron chi connectivity index (χ0n) is 21.2. The number of imidazole rings is 1. The number of Topliss-reactive ketones (excluding diaryl/α,β-unsaturated/α-hetero) is 1. The lowest BCUT2D eigenvalue weighted by Gasteiger charge is -2.28. The second kappa shape index (κ2) is 10.6. The number of aromatic hydroxyl groups is 1. The predicted molar refractivity (Wildman–Crippen MR) is 140 cm³/mol. The zero-order valence-corrected chi connectivity index (χ0v) is 22.9. The number of hydrogen-bond acceptors (Lipinski definition) is 3. The molecule has 1 fully saturated rings. The first-order valence-electron chi connectivity index (χ1n) is 12.1. The fourth-order valence-electron chi connectivity index (χ4n) is 4.76. The lowest BCUT2D eigenvalue weighted by atomic mass is 9.78. The van der Waals surface area contributed by atoms with Crippen molar-refractivity contribution < 1.29 is 9.90 Å². The molecular formula is C27H42BrN3O2. The van der Waals surface area contributed by atoms with Crippen LogP contribution in [0.25, 0.3) is 0 Å². The standard InChI is InChI=1S/C27H41N3O2.BrH/c1-26(2,3)21-16-20(17-22(24(21)32)27(4,5)6)23(31)18-30-15-14-29(25(30)28)13-12-19-10-8-7-9-11-19;/h14-17,19,28,32H,7-13,18H2,1-6H3;1H. The number of aryl methyl sites for hydroxylation is 1. The first-order chi connectivity index (χ1) is 14.9. The van der Waals surface area contributed by atoms with Crippen LogP contribution in [0.2, 0.25) is 0 Å². The third-order valence-electron chi connectivity index (χ3n) is 6.84. The Morgan fingerprint density at radius 2 is 1.48 bits per heavy atom. The normalized spacial score (nSPS) is 15.3. The van der Waals surface area contributed by atoms with Crippen LogP contribution in [0.1, 0.15) is 102 Å². The number of nitrogens with one attached hydrogen (secondary N) is 1. The van der Waals surface area contributed by atoms with Crippen molar-refractivity contribution in [3.05, 3.63) is 46.8 Å². The summed E-state index contributed by atoms with van der Waals surface area (Å²) < 4.78 is 3.68. The third kappa shape index (κ3) is 6.62. The number of benzene rings is 1. The molecule has 1 aliphatic rings. The first-order valence-corrected chi connectivity index (χ1v) is 12.1. The SMILES string of the molecule is Br.CC(C)(C)c1cc(C(=O)Cn2ccn(CCC3CCCCC3)c2=N)cc(C(C)(C)C)c1O. The minimum Gasteiger partial charge on any atom is -0.507 e. The van der Waals surface area contributed by atoms with Crippen LogP contribution < -0.4 is 5.62 Å². The molecule has 1 aromatic heterocycles. The highest BCUT2D eigenvalue weighted by atomic mass is 79.9. The van der Waals surface area contributed by atoms with E-state index in [9.17, 15) is 9.90 Å². The number of carbonyl (C=O) groups excluding carboxylic acids is 1. The van der Waals surface area contributed by atoms with Crippen molar-refractivity contribution in [1.29, 1.82) is 5.41 Å². The number of hydrogen-bond donors (Lipinski definition) is 2. The molecule has 2 N–H and O–H groups in total. The summed E-state index contributed by atoms with van der Waals surface area (Å²) in [6, 6.07) is 3.66. The molecule has 0 amide bonds. The van der Waals surface area contributed by atoms with Crippen LogP contribution in [0.15, 0.2) is 24.5 Å². The van der Waals surface area contributed by atoms with Gasteiger partial charge in [-0.25, -0.2) is 0 Å². The average Bonchev–Trinajstić information content (AvgIpc) is 3.05. The molecule has 0 radical (unpaired) electrons. The molecule has 6 heteroatoms. The number of rotatable bonds is 6. The molecule has 0 aliphatic heterocycles. The molecule has 2 aromatic rings. The van der Waals surface area contributed by atoms with Crippen molar-refractivity contribution in [2.75, 3.05) is 0 Å². The predicted octanol–water partition coefficient (Wildman–Crippen LogP) is 6.50. The number of ketones is 1. The topological polar surface area (TPSA) is 71.0 Å². The van der Waals surface area contributed by atoms with Gasteiger partial charge in [-0.2, -0.15) is 0 Å². The van der Waals surface area contributed by atoms with Gasteiger partial charge >= 0.3 is 0 Å². The largest absolute Gasteiger partial charge is 0.507 e. The van der Waals surface area contributed by atoms with Crippen LogP contribution in [0.3, 0.4) is 0 Å². The summed E-state index contributed by atoms with van der Waals surface area (Å²) >= 11 is 0. The minimum absolute atomic E-state index is 0. The number of nitrogens with zero attached hydrogens (tertiary/aromatic N) is 2. The highest BCUT2D eigenvalue weighted by Crippen LogP contribution is 2.39. The van der Waals surface area contributed by atoms with E-state index in [-0.39, 0.29) is 45.9 Å². The zero-order chi connectivity index (χ0) is 23.7. The lowest BCUT2D eigenvalue weighted by molar-refractivity contribution is 0.0969. The van der Waals surface area contributed by atoms with Gasteiger partial charge in [0.05, 0.1) is 6.54 Å². The van der Waals surface area contributed by atoms with Crippen molar-refractivity contribution in [2.24, 2.45) is 5.92 Å². The Morgan fingerprint density at radius 3 is 2.00 bits per heavy atom. The Morgan fingerprint density at radius 1 is 0.970 bits per heavy atom. The van der Waals surface area contributed by atoms with Gasteiger partial charge in [-0.05, 0) is 35.3 Å². The summed E-state index contributed by atoms with van der Waals surface area (Å²) in [6.45, 7) is 13.3. The van der Waals surface area contributed by atoms with Gasteiger partial charge in [0.1, 0.15) is 5.75 Å². The van der Waals surface area contributed by atoms with Gasteiger partial charge in [0.2, 0.25) is 5.62 Å². The fraction of sp³-hybridized carbons (Fsp3) is 0.630. The minimum atomic E-state index is -0.281. The van der Waals surface area contributed by atoms with E-state index in [4.69, 9.17) is 5.41 Å². The molecule has 0 saturated heterocycles. The fourth-order valence-corrected chi connectivity index (χ4v) is 4.76. The monoisotopic (exact) mass is 519 g/mol. The van der Waals surface area contributed by atoms with Gasteiger partial charge in [-0.3, -0.25) is 10.2 Å². The maximum atomic E-state index is 13.3. The van der Waals surface area contributed by atoms with E-state index in [1.165, 1.54) is 32.1 Å². The molecule has 184 valence electrons. The van der Waals surface area contributed by atoms with Crippen LogP contribution in [-0.4, -0.2) is 20.0 Å². The summed E-state index contributed by atoms with van der Waals surface area (Å²) in [6.07, 6.45) is 11.5. The van der Waals surface area contributed by atoms with Gasteiger partial charge in [-0.1, -0.05) is 73.6 Å². The van der Waals surface area contributed by atoms with E-state index in [0.29, 0.717) is 11.2 Å². The number of aromatic nitrogens is 2. The van der Waals surface area contributed by atoms with E-state index in [1.54, 1.807) is 4.57 Å². The summed E-state index contributed by atoms with van der Waals surface area (Å²) in [5.74, 6) is 1.01. The first kappa shape index (κ1) is 27.4. The molecule has 1 aliphatic carbocycles. The van der Waals surface area contributed by atoms with Crippen molar-refractivity contribution in [2.45, 2.75) is 104 Å². The molecular weight excluding hydrogens is 478 g/mol. The quantitative estimate of drug-likeness (QED) is 0.427. The van der Waals surface area contributed by atoms with Crippen LogP contribution >= 0.6 is 17.0 Å².